The highest BCUT2D eigenvalue weighted by atomic mass is 16.3. The first-order valence-corrected chi connectivity index (χ1v) is 19.7. The number of benzene rings is 10. The molecule has 0 unspecified atom stereocenters. The van der Waals surface area contributed by atoms with Crippen LogP contribution in [0, 0.1) is 0 Å². The normalized spacial score (nSPS) is 13.7. The van der Waals surface area contributed by atoms with Crippen molar-refractivity contribution in [3.8, 4) is 55.6 Å². The minimum atomic E-state index is -0.473. The van der Waals surface area contributed by atoms with Crippen LogP contribution in [0.1, 0.15) is 13.7 Å². The Morgan fingerprint density at radius 3 is 1.48 bits per heavy atom. The number of nitrogens with zero attached hydrogens (tertiary/aromatic N) is 1. The molecule has 2 heteroatoms. The minimum absolute atomic E-state index is 0.0451. The van der Waals surface area contributed by atoms with Crippen LogP contribution in [-0.4, -0.2) is 0 Å². The fourth-order valence-corrected chi connectivity index (χ4v) is 8.35. The van der Waals surface area contributed by atoms with E-state index in [1.165, 1.54) is 0 Å². The molecule has 0 radical (unpaired) electrons. The van der Waals surface area contributed by atoms with Gasteiger partial charge in [0.1, 0.15) is 11.2 Å². The summed E-state index contributed by atoms with van der Waals surface area (Å²) in [6.45, 7) is 0. The van der Waals surface area contributed by atoms with Crippen molar-refractivity contribution in [3.63, 3.8) is 0 Å². The first-order valence-electron chi connectivity index (χ1n) is 24.7. The zero-order chi connectivity index (χ0) is 48.5. The molecule has 0 amide bonds. The number of furan rings is 1. The van der Waals surface area contributed by atoms with Crippen molar-refractivity contribution in [1.29, 1.82) is 0 Å². The standard InChI is InChI=1S/C58H39NO/c1-3-16-40(17-4-1)49-23-9-11-25-52(49)53-26-12-10-24-50(53)44-32-36-46(37-33-44)59(45-34-30-43(31-35-45)48-28-15-21-41-20-7-8-22-47(41)48)55-39-38-51(42-18-5-2-6-19-42)58-57(55)54-27-13-14-29-56(54)60-58/h1-39H/i1D,2D,3D,4D,5D,6D,16D,17D,18D,19D. The summed E-state index contributed by atoms with van der Waals surface area (Å²) in [7, 11) is 0. The van der Waals surface area contributed by atoms with E-state index in [1.807, 2.05) is 103 Å². The topological polar surface area (TPSA) is 16.4 Å². The van der Waals surface area contributed by atoms with E-state index < -0.39 is 36.3 Å². The summed E-state index contributed by atoms with van der Waals surface area (Å²) >= 11 is 0. The molecule has 0 N–H and O–H groups in total. The Morgan fingerprint density at radius 1 is 0.350 bits per heavy atom. The van der Waals surface area contributed by atoms with Gasteiger partial charge in [0.05, 0.1) is 24.8 Å². The highest BCUT2D eigenvalue weighted by Crippen LogP contribution is 2.47. The molecule has 0 aliphatic heterocycles. The molecule has 11 aromatic rings. The lowest BCUT2D eigenvalue weighted by atomic mass is 9.89. The highest BCUT2D eigenvalue weighted by Gasteiger charge is 2.23. The lowest BCUT2D eigenvalue weighted by molar-refractivity contribution is 0.670. The van der Waals surface area contributed by atoms with Crippen LogP contribution in [0.15, 0.2) is 241 Å². The Bertz CT molecular complexity index is 3840. The molecule has 11 rings (SSSR count). The van der Waals surface area contributed by atoms with E-state index in [0.717, 1.165) is 61.0 Å². The Kier molecular flexibility index (Phi) is 6.58. The first kappa shape index (κ1) is 26.1. The van der Waals surface area contributed by atoms with Crippen molar-refractivity contribution in [3.05, 3.63) is 236 Å². The molecule has 0 aliphatic carbocycles. The van der Waals surface area contributed by atoms with Crippen molar-refractivity contribution in [1.82, 2.24) is 0 Å². The number of para-hydroxylation sites is 1. The van der Waals surface area contributed by atoms with E-state index in [4.69, 9.17) is 18.1 Å². The minimum Gasteiger partial charge on any atom is -0.455 e. The predicted molar refractivity (Wildman–Crippen MR) is 253 cm³/mol. The van der Waals surface area contributed by atoms with E-state index in [0.29, 0.717) is 33.2 Å². The van der Waals surface area contributed by atoms with Gasteiger partial charge < -0.3 is 9.32 Å². The van der Waals surface area contributed by atoms with E-state index >= 15 is 0 Å². The van der Waals surface area contributed by atoms with Crippen LogP contribution in [0.25, 0.3) is 88.3 Å². The molecule has 0 saturated heterocycles. The van der Waals surface area contributed by atoms with Gasteiger partial charge in [-0.3, -0.25) is 0 Å². The molecule has 1 heterocycles. The van der Waals surface area contributed by atoms with E-state index in [2.05, 4.69) is 59.5 Å². The van der Waals surface area contributed by atoms with Crippen molar-refractivity contribution < 1.29 is 18.1 Å². The smallest absolute Gasteiger partial charge is 0.145 e. The second-order valence-corrected chi connectivity index (χ2v) is 14.5. The van der Waals surface area contributed by atoms with Gasteiger partial charge in [-0.1, -0.05) is 194 Å². The SMILES string of the molecule is [2H]c1c([2H])c([2H])c(-c2ccccc2-c2ccccc2-c2ccc(N(c3ccc(-c4cccc5ccccc45)cc3)c3ccc(-c4c([2H])c([2H])c([2H])c([2H])c4[2H])c4oc5ccccc5c34)cc2)c([2H])c1[2H]. The second kappa shape index (κ2) is 15.1. The summed E-state index contributed by atoms with van der Waals surface area (Å²) in [5.41, 5.74) is 9.75. The zero-order valence-corrected chi connectivity index (χ0v) is 32.1. The molecule has 1 aromatic heterocycles. The van der Waals surface area contributed by atoms with Gasteiger partial charge in [-0.05, 0) is 103 Å². The summed E-state index contributed by atoms with van der Waals surface area (Å²) in [6, 6.07) is 53.8. The van der Waals surface area contributed by atoms with Crippen LogP contribution in [-0.2, 0) is 0 Å². The Balaban J connectivity index is 1.10. The Hall–Kier alpha value is -7.94. The Morgan fingerprint density at radius 2 is 0.833 bits per heavy atom. The number of anilines is 3. The van der Waals surface area contributed by atoms with Crippen LogP contribution in [0.3, 0.4) is 0 Å². The second-order valence-electron chi connectivity index (χ2n) is 14.5. The molecule has 0 fully saturated rings. The molecule has 0 saturated carbocycles. The quantitative estimate of drug-likeness (QED) is 0.153. The predicted octanol–water partition coefficient (Wildman–Crippen LogP) is 16.5. The van der Waals surface area contributed by atoms with Crippen LogP contribution in [0.5, 0.6) is 0 Å². The van der Waals surface area contributed by atoms with Crippen LogP contribution in [0.2, 0.25) is 0 Å². The third-order valence-electron chi connectivity index (χ3n) is 11.1. The first-order chi connectivity index (χ1) is 33.9. The van der Waals surface area contributed by atoms with Gasteiger partial charge in [0, 0.05) is 22.3 Å². The largest absolute Gasteiger partial charge is 0.455 e. The van der Waals surface area contributed by atoms with Crippen molar-refractivity contribution >= 4 is 49.8 Å². The maximum absolute atomic E-state index is 8.93. The maximum atomic E-state index is 8.93. The summed E-state index contributed by atoms with van der Waals surface area (Å²) in [5, 5.41) is 3.74. The summed E-state index contributed by atoms with van der Waals surface area (Å²) in [5.74, 6) is 0. The van der Waals surface area contributed by atoms with E-state index in [-0.39, 0.29) is 35.3 Å². The lowest BCUT2D eigenvalue weighted by Gasteiger charge is -2.27. The number of fused-ring (bicyclic) bond motifs is 4. The molecule has 60 heavy (non-hydrogen) atoms. The molecule has 0 bridgehead atoms. The van der Waals surface area contributed by atoms with Crippen molar-refractivity contribution in [2.45, 2.75) is 0 Å². The van der Waals surface area contributed by atoms with Crippen LogP contribution >= 0.6 is 0 Å². The van der Waals surface area contributed by atoms with Gasteiger partial charge in [-0.15, -0.1) is 0 Å². The molecule has 0 aliphatic rings. The van der Waals surface area contributed by atoms with Gasteiger partial charge in [0.2, 0.25) is 0 Å². The highest BCUT2D eigenvalue weighted by molar-refractivity contribution is 6.17. The van der Waals surface area contributed by atoms with Crippen LogP contribution < -0.4 is 4.90 Å². The number of rotatable bonds is 8. The molecule has 10 aromatic carbocycles. The van der Waals surface area contributed by atoms with Gasteiger partial charge in [-0.25, -0.2) is 0 Å². The average Bonchev–Trinajstić information content (AvgIpc) is 3.80. The van der Waals surface area contributed by atoms with Crippen LogP contribution in [0.4, 0.5) is 17.1 Å². The fraction of sp³-hybridized carbons (Fsp3) is 0. The number of hydrogen-bond acceptors (Lipinski definition) is 2. The van der Waals surface area contributed by atoms with Crippen molar-refractivity contribution in [2.75, 3.05) is 4.90 Å². The third-order valence-corrected chi connectivity index (χ3v) is 11.1. The monoisotopic (exact) mass is 775 g/mol. The average molecular weight is 776 g/mol. The molecule has 0 spiro atoms. The summed E-state index contributed by atoms with van der Waals surface area (Å²) in [6.07, 6.45) is 0. The maximum Gasteiger partial charge on any atom is 0.145 e. The summed E-state index contributed by atoms with van der Waals surface area (Å²) in [4.78, 5) is 2.13. The molecule has 2 nitrogen and oxygen atoms in total. The van der Waals surface area contributed by atoms with E-state index in [1.54, 1.807) is 18.2 Å². The lowest BCUT2D eigenvalue weighted by Crippen LogP contribution is -2.10. The summed E-state index contributed by atoms with van der Waals surface area (Å²) < 4.78 is 92.4. The van der Waals surface area contributed by atoms with Gasteiger partial charge in [-0.2, -0.15) is 0 Å². The van der Waals surface area contributed by atoms with Gasteiger partial charge in [0.15, 0.2) is 0 Å². The zero-order valence-electron chi connectivity index (χ0n) is 42.1. The van der Waals surface area contributed by atoms with E-state index in [9.17, 15) is 0 Å². The van der Waals surface area contributed by atoms with Crippen molar-refractivity contribution in [2.24, 2.45) is 0 Å². The number of hydrogen-bond donors (Lipinski definition) is 0. The fourth-order valence-electron chi connectivity index (χ4n) is 8.35. The molecular weight excluding hydrogens is 727 g/mol. The third kappa shape index (κ3) is 6.23. The molecule has 282 valence electrons. The Labute approximate surface area is 363 Å². The van der Waals surface area contributed by atoms with Gasteiger partial charge >= 0.3 is 0 Å². The molecular formula is C58H39NO. The van der Waals surface area contributed by atoms with Gasteiger partial charge in [0.25, 0.3) is 0 Å². The molecule has 0 atom stereocenters.